The first-order chi connectivity index (χ1) is 8.76. The van der Waals surface area contributed by atoms with Gasteiger partial charge in [0.05, 0.1) is 0 Å². The summed E-state index contributed by atoms with van der Waals surface area (Å²) in [6, 6.07) is 10.1. The summed E-state index contributed by atoms with van der Waals surface area (Å²) in [6.07, 6.45) is 6.07. The number of allylic oxidation sites excluding steroid dienone is 2. The van der Waals surface area contributed by atoms with Gasteiger partial charge >= 0.3 is 0 Å². The van der Waals surface area contributed by atoms with Crippen LogP contribution in [0.4, 0.5) is 0 Å². The number of benzene rings is 1. The highest BCUT2D eigenvalue weighted by atomic mass is 16.2. The quantitative estimate of drug-likeness (QED) is 0.588. The van der Waals surface area contributed by atoms with E-state index in [2.05, 4.69) is 18.2 Å². The van der Waals surface area contributed by atoms with Crippen molar-refractivity contribution in [1.82, 2.24) is 4.90 Å². The molecule has 1 fully saturated rings. The molecule has 0 bridgehead atoms. The number of carbonyl (C=O) groups is 1. The lowest BCUT2D eigenvalue weighted by molar-refractivity contribution is -0.125. The van der Waals surface area contributed by atoms with Crippen molar-refractivity contribution < 1.29 is 4.79 Å². The Morgan fingerprint density at radius 2 is 2.00 bits per heavy atom. The summed E-state index contributed by atoms with van der Waals surface area (Å²) in [5.41, 5.74) is 2.10. The van der Waals surface area contributed by atoms with Crippen LogP contribution in [0.3, 0.4) is 0 Å². The maximum absolute atomic E-state index is 12.2. The Hall–Kier alpha value is -1.83. The van der Waals surface area contributed by atoms with Crippen LogP contribution in [-0.4, -0.2) is 17.4 Å². The van der Waals surface area contributed by atoms with Crippen molar-refractivity contribution in [2.24, 2.45) is 5.92 Å². The second-order valence-corrected chi connectivity index (χ2v) is 4.55. The van der Waals surface area contributed by atoms with E-state index in [9.17, 15) is 4.79 Å². The van der Waals surface area contributed by atoms with E-state index in [1.807, 2.05) is 49.1 Å². The number of hydrogen-bond acceptors (Lipinski definition) is 1. The van der Waals surface area contributed by atoms with E-state index in [-0.39, 0.29) is 11.8 Å². The lowest BCUT2D eigenvalue weighted by Gasteiger charge is -2.15. The van der Waals surface area contributed by atoms with Crippen LogP contribution in [0.25, 0.3) is 0 Å². The van der Waals surface area contributed by atoms with Gasteiger partial charge in [0.15, 0.2) is 0 Å². The van der Waals surface area contributed by atoms with E-state index >= 15 is 0 Å². The van der Waals surface area contributed by atoms with Gasteiger partial charge in [-0.15, -0.1) is 0 Å². The summed E-state index contributed by atoms with van der Waals surface area (Å²) < 4.78 is 0. The Morgan fingerprint density at radius 3 is 2.61 bits per heavy atom. The van der Waals surface area contributed by atoms with Crippen molar-refractivity contribution in [1.29, 1.82) is 0 Å². The Bertz CT molecular complexity index is 473. The molecular formula is C16H19NO. The summed E-state index contributed by atoms with van der Waals surface area (Å²) in [7, 11) is 0. The zero-order chi connectivity index (χ0) is 13.0. The maximum atomic E-state index is 12.2. The van der Waals surface area contributed by atoms with Gasteiger partial charge in [-0.05, 0) is 19.4 Å². The van der Waals surface area contributed by atoms with Crippen LogP contribution < -0.4 is 0 Å². The number of rotatable bonds is 3. The van der Waals surface area contributed by atoms with Crippen LogP contribution in [0, 0.1) is 5.92 Å². The van der Waals surface area contributed by atoms with E-state index in [4.69, 9.17) is 0 Å². The van der Waals surface area contributed by atoms with Crippen molar-refractivity contribution in [2.75, 3.05) is 6.54 Å². The van der Waals surface area contributed by atoms with Crippen LogP contribution in [-0.2, 0) is 11.3 Å². The molecule has 1 saturated heterocycles. The molecule has 1 aliphatic rings. The van der Waals surface area contributed by atoms with E-state index in [1.54, 1.807) is 0 Å². The molecule has 0 radical (unpaired) electrons. The molecule has 1 atom stereocenters. The number of amides is 1. The SMILES string of the molecule is C/C=C1\C(=O)N(Cc2ccccc2)CC1/C=C/C. The van der Waals surface area contributed by atoms with Crippen molar-refractivity contribution >= 4 is 5.91 Å². The van der Waals surface area contributed by atoms with E-state index in [0.29, 0.717) is 6.54 Å². The molecule has 94 valence electrons. The molecule has 1 unspecified atom stereocenters. The standard InChI is InChI=1S/C16H19NO/c1-3-8-14-12-17(16(18)15(14)4-2)11-13-9-6-5-7-10-13/h3-10,14H,11-12H2,1-2H3/b8-3+,15-4-. The van der Waals surface area contributed by atoms with Crippen LogP contribution in [0.2, 0.25) is 0 Å². The second-order valence-electron chi connectivity index (χ2n) is 4.55. The van der Waals surface area contributed by atoms with Gasteiger partial charge in [0.1, 0.15) is 0 Å². The van der Waals surface area contributed by atoms with Gasteiger partial charge < -0.3 is 4.90 Å². The molecule has 2 rings (SSSR count). The fraction of sp³-hybridized carbons (Fsp3) is 0.312. The first-order valence-electron chi connectivity index (χ1n) is 6.38. The van der Waals surface area contributed by atoms with Crippen molar-refractivity contribution in [3.05, 3.63) is 59.7 Å². The van der Waals surface area contributed by atoms with Gasteiger partial charge in [-0.3, -0.25) is 4.79 Å². The van der Waals surface area contributed by atoms with Crippen molar-refractivity contribution in [3.63, 3.8) is 0 Å². The molecule has 1 amide bonds. The molecular weight excluding hydrogens is 222 g/mol. The molecule has 1 aromatic rings. The highest BCUT2D eigenvalue weighted by molar-refractivity contribution is 5.96. The van der Waals surface area contributed by atoms with E-state index in [0.717, 1.165) is 12.1 Å². The molecule has 0 aromatic heterocycles. The largest absolute Gasteiger partial charge is 0.334 e. The summed E-state index contributed by atoms with van der Waals surface area (Å²) >= 11 is 0. The minimum atomic E-state index is 0.171. The average Bonchev–Trinajstić information content (AvgIpc) is 2.67. The van der Waals surface area contributed by atoms with Gasteiger partial charge in [-0.1, -0.05) is 48.6 Å². The fourth-order valence-electron chi connectivity index (χ4n) is 2.43. The Morgan fingerprint density at radius 1 is 1.28 bits per heavy atom. The van der Waals surface area contributed by atoms with Crippen molar-refractivity contribution in [3.8, 4) is 0 Å². The Kier molecular flexibility index (Phi) is 3.98. The molecule has 0 saturated carbocycles. The first kappa shape index (κ1) is 12.6. The van der Waals surface area contributed by atoms with Crippen molar-refractivity contribution in [2.45, 2.75) is 20.4 Å². The fourth-order valence-corrected chi connectivity index (χ4v) is 2.43. The Balaban J connectivity index is 2.14. The van der Waals surface area contributed by atoms with Crippen LogP contribution in [0.1, 0.15) is 19.4 Å². The molecule has 18 heavy (non-hydrogen) atoms. The highest BCUT2D eigenvalue weighted by Crippen LogP contribution is 2.26. The summed E-state index contributed by atoms with van der Waals surface area (Å²) in [4.78, 5) is 14.2. The van der Waals surface area contributed by atoms with Gasteiger partial charge in [-0.2, -0.15) is 0 Å². The van der Waals surface area contributed by atoms with Crippen LogP contribution in [0.5, 0.6) is 0 Å². The number of likely N-dealkylation sites (tertiary alicyclic amines) is 1. The lowest BCUT2D eigenvalue weighted by Crippen LogP contribution is -2.24. The third-order valence-electron chi connectivity index (χ3n) is 3.30. The number of carbonyl (C=O) groups excluding carboxylic acids is 1. The minimum absolute atomic E-state index is 0.171. The van der Waals surface area contributed by atoms with E-state index in [1.165, 1.54) is 5.56 Å². The lowest BCUT2D eigenvalue weighted by atomic mass is 10.0. The van der Waals surface area contributed by atoms with Crippen LogP contribution >= 0.6 is 0 Å². The third-order valence-corrected chi connectivity index (χ3v) is 3.30. The number of hydrogen-bond donors (Lipinski definition) is 0. The predicted molar refractivity (Wildman–Crippen MR) is 73.9 cm³/mol. The van der Waals surface area contributed by atoms with Gasteiger partial charge in [0, 0.05) is 24.6 Å². The smallest absolute Gasteiger partial charge is 0.250 e. The first-order valence-corrected chi connectivity index (χ1v) is 6.38. The summed E-state index contributed by atoms with van der Waals surface area (Å²) in [6.45, 7) is 5.43. The predicted octanol–water partition coefficient (Wildman–Crippen LogP) is 3.17. The maximum Gasteiger partial charge on any atom is 0.250 e. The highest BCUT2D eigenvalue weighted by Gasteiger charge is 2.32. The second kappa shape index (κ2) is 5.67. The van der Waals surface area contributed by atoms with Gasteiger partial charge in [-0.25, -0.2) is 0 Å². The molecule has 0 N–H and O–H groups in total. The van der Waals surface area contributed by atoms with Gasteiger partial charge in [0.2, 0.25) is 5.91 Å². The topological polar surface area (TPSA) is 20.3 Å². The molecule has 1 heterocycles. The number of nitrogens with zero attached hydrogens (tertiary/aromatic N) is 1. The monoisotopic (exact) mass is 241 g/mol. The normalized spacial score (nSPS) is 22.3. The molecule has 2 heteroatoms. The average molecular weight is 241 g/mol. The zero-order valence-corrected chi connectivity index (χ0v) is 11.0. The van der Waals surface area contributed by atoms with Crippen LogP contribution in [0.15, 0.2) is 54.1 Å². The summed E-state index contributed by atoms with van der Waals surface area (Å²) in [5.74, 6) is 0.417. The van der Waals surface area contributed by atoms with Gasteiger partial charge in [0.25, 0.3) is 0 Å². The molecule has 0 aliphatic carbocycles. The third kappa shape index (κ3) is 2.53. The van der Waals surface area contributed by atoms with E-state index < -0.39 is 0 Å². The Labute approximate surface area is 109 Å². The molecule has 0 spiro atoms. The summed E-state index contributed by atoms with van der Waals surface area (Å²) in [5, 5.41) is 0. The minimum Gasteiger partial charge on any atom is -0.334 e. The zero-order valence-electron chi connectivity index (χ0n) is 11.0. The molecule has 1 aliphatic heterocycles. The molecule has 1 aromatic carbocycles. The molecule has 2 nitrogen and oxygen atoms in total.